The summed E-state index contributed by atoms with van der Waals surface area (Å²) in [6.07, 6.45) is 5.30. The molecule has 1 aliphatic heterocycles. The number of aliphatic hydroxyl groups is 2. The lowest BCUT2D eigenvalue weighted by molar-refractivity contribution is -0.143. The van der Waals surface area contributed by atoms with Gasteiger partial charge in [-0.2, -0.15) is 0 Å². The smallest absolute Gasteiger partial charge is 0.223 e. The molecule has 7 heteroatoms. The van der Waals surface area contributed by atoms with Gasteiger partial charge in [0.25, 0.3) is 0 Å². The highest BCUT2D eigenvalue weighted by Crippen LogP contribution is 2.32. The zero-order chi connectivity index (χ0) is 25.6. The Bertz CT molecular complexity index is 917. The first-order chi connectivity index (χ1) is 15.8. The van der Waals surface area contributed by atoms with Crippen LogP contribution in [0.3, 0.4) is 0 Å². The summed E-state index contributed by atoms with van der Waals surface area (Å²) in [6, 6.07) is -0.233. The van der Waals surface area contributed by atoms with Crippen LogP contribution in [0, 0.1) is 24.2 Å². The van der Waals surface area contributed by atoms with Crippen molar-refractivity contribution in [3.05, 3.63) is 33.3 Å². The minimum Gasteiger partial charge on any atom is -0.392 e. The highest BCUT2D eigenvalue weighted by atomic mass is 32.1. The number of amides is 1. The summed E-state index contributed by atoms with van der Waals surface area (Å²) in [5.41, 5.74) is 1.94. The van der Waals surface area contributed by atoms with Crippen LogP contribution in [0.25, 0.3) is 6.08 Å². The Hall–Kier alpha value is -1.83. The predicted octanol–water partition coefficient (Wildman–Crippen LogP) is 4.84. The van der Waals surface area contributed by atoms with Gasteiger partial charge < -0.3 is 15.5 Å². The fourth-order valence-electron chi connectivity index (χ4n) is 4.52. The zero-order valence-corrected chi connectivity index (χ0v) is 22.5. The first-order valence-electron chi connectivity index (χ1n) is 12.3. The van der Waals surface area contributed by atoms with Crippen molar-refractivity contribution in [3.63, 3.8) is 0 Å². The van der Waals surface area contributed by atoms with Crippen LogP contribution in [0.15, 0.2) is 22.6 Å². The molecule has 2 rings (SSSR count). The molecule has 0 radical (unpaired) electrons. The molecule has 3 N–H and O–H groups in total. The lowest BCUT2D eigenvalue weighted by atomic mass is 9.73. The van der Waals surface area contributed by atoms with E-state index in [1.807, 2.05) is 32.2 Å². The average molecular weight is 491 g/mol. The normalized spacial score (nSPS) is 30.6. The maximum atomic E-state index is 13.2. The summed E-state index contributed by atoms with van der Waals surface area (Å²) in [4.78, 5) is 30.6. The van der Waals surface area contributed by atoms with Crippen LogP contribution < -0.4 is 5.32 Å². The zero-order valence-electron chi connectivity index (χ0n) is 21.7. The number of aryl methyl sites for hydroxylation is 1. The van der Waals surface area contributed by atoms with E-state index in [-0.39, 0.29) is 30.1 Å². The van der Waals surface area contributed by atoms with Gasteiger partial charge in [-0.15, -0.1) is 11.3 Å². The Kier molecular flexibility index (Phi) is 10.2. The topological polar surface area (TPSA) is 99.5 Å². The molecule has 0 saturated heterocycles. The number of aliphatic hydroxyl groups excluding tert-OH is 2. The number of hydrogen-bond donors (Lipinski definition) is 3. The monoisotopic (exact) mass is 490 g/mol. The van der Waals surface area contributed by atoms with Crippen molar-refractivity contribution < 1.29 is 19.8 Å². The Morgan fingerprint density at radius 3 is 2.53 bits per heavy atom. The Morgan fingerprint density at radius 2 is 1.91 bits per heavy atom. The van der Waals surface area contributed by atoms with Gasteiger partial charge in [0.2, 0.25) is 5.91 Å². The molecule has 2 heterocycles. The van der Waals surface area contributed by atoms with Crippen LogP contribution in [0.1, 0.15) is 84.3 Å². The summed E-state index contributed by atoms with van der Waals surface area (Å²) in [5, 5.41) is 27.7. The van der Waals surface area contributed by atoms with Crippen molar-refractivity contribution in [2.45, 2.75) is 98.8 Å². The maximum Gasteiger partial charge on any atom is 0.223 e. The minimum absolute atomic E-state index is 0.0320. The van der Waals surface area contributed by atoms with Gasteiger partial charge in [-0.05, 0) is 64.0 Å². The van der Waals surface area contributed by atoms with E-state index in [0.29, 0.717) is 6.42 Å². The van der Waals surface area contributed by atoms with Gasteiger partial charge in [-0.3, -0.25) is 9.59 Å². The number of hydrogen-bond acceptors (Lipinski definition) is 6. The van der Waals surface area contributed by atoms with Crippen LogP contribution in [0.4, 0.5) is 0 Å². The molecule has 0 bridgehead atoms. The van der Waals surface area contributed by atoms with E-state index in [1.165, 1.54) is 5.57 Å². The van der Waals surface area contributed by atoms with Crippen molar-refractivity contribution in [3.8, 4) is 0 Å². The molecule has 0 fully saturated rings. The van der Waals surface area contributed by atoms with Crippen LogP contribution >= 0.6 is 11.3 Å². The van der Waals surface area contributed by atoms with Crippen LogP contribution in [-0.2, 0) is 9.59 Å². The number of rotatable bonds is 2. The fraction of sp³-hybridized carbons (Fsp3) is 0.667. The van der Waals surface area contributed by atoms with Gasteiger partial charge in [0.1, 0.15) is 5.78 Å². The van der Waals surface area contributed by atoms with Crippen molar-refractivity contribution in [1.82, 2.24) is 10.3 Å². The summed E-state index contributed by atoms with van der Waals surface area (Å²) in [5.74, 6) is -1.18. The number of aromatic nitrogens is 1. The summed E-state index contributed by atoms with van der Waals surface area (Å²) >= 11 is 1.58. The van der Waals surface area contributed by atoms with Gasteiger partial charge in [-0.25, -0.2) is 4.98 Å². The van der Waals surface area contributed by atoms with E-state index >= 15 is 0 Å². The first kappa shape index (κ1) is 28.4. The first-order valence-corrected chi connectivity index (χ1v) is 13.2. The molecule has 0 aromatic carbocycles. The molecule has 0 spiro atoms. The lowest BCUT2D eigenvalue weighted by Gasteiger charge is -2.34. The largest absolute Gasteiger partial charge is 0.392 e. The van der Waals surface area contributed by atoms with E-state index in [2.05, 4.69) is 23.3 Å². The van der Waals surface area contributed by atoms with E-state index in [1.54, 1.807) is 32.1 Å². The van der Waals surface area contributed by atoms with E-state index in [9.17, 15) is 19.8 Å². The number of nitrogens with zero attached hydrogens (tertiary/aromatic N) is 1. The van der Waals surface area contributed by atoms with Crippen molar-refractivity contribution in [2.75, 3.05) is 0 Å². The van der Waals surface area contributed by atoms with Crippen LogP contribution in [-0.4, -0.2) is 45.1 Å². The highest BCUT2D eigenvalue weighted by Gasteiger charge is 2.42. The molecule has 6 nitrogen and oxygen atoms in total. The van der Waals surface area contributed by atoms with Gasteiger partial charge in [-0.1, -0.05) is 39.3 Å². The number of carbonyl (C=O) groups is 2. The molecule has 0 aliphatic carbocycles. The highest BCUT2D eigenvalue weighted by molar-refractivity contribution is 7.09. The number of thiazole rings is 1. The quantitative estimate of drug-likeness (QED) is 0.515. The Morgan fingerprint density at radius 1 is 1.24 bits per heavy atom. The lowest BCUT2D eigenvalue weighted by Crippen LogP contribution is -2.47. The second-order valence-electron chi connectivity index (χ2n) is 10.5. The van der Waals surface area contributed by atoms with Crippen molar-refractivity contribution >= 4 is 29.1 Å². The van der Waals surface area contributed by atoms with Gasteiger partial charge in [0.05, 0.1) is 40.8 Å². The number of carbonyl (C=O) groups excluding carboxylic acids is 2. The second-order valence-corrected chi connectivity index (χ2v) is 11.6. The maximum absolute atomic E-state index is 13.2. The third kappa shape index (κ3) is 7.59. The standard InChI is InChI=1S/C27H42N2O4S/c1-16-9-8-10-17(2)25(32)19(4)26(33)27(6,7)23(30)14-24(31)29-22(12-11-16)18(3)13-21-15-34-20(5)28-21/h11,13,15,17,19,22-23,25,30,32H,8-10,12,14H2,1-7H3,(H,29,31)/b16-11?,18-13+/t17-,19+,22-,23-,25-/m0/s1. The SMILES string of the molecule is CC1=CC[C@@H](/C(C)=C/c2csc(C)n2)NC(=O)C[C@H](O)C(C)(C)C(=O)[C@H](C)[C@@H](O)[C@@H](C)CCC1. The Balaban J connectivity index is 2.33. The number of ketones is 1. The summed E-state index contributed by atoms with van der Waals surface area (Å²) < 4.78 is 0. The van der Waals surface area contributed by atoms with Crippen molar-refractivity contribution in [2.24, 2.45) is 17.3 Å². The molecule has 5 atom stereocenters. The van der Waals surface area contributed by atoms with E-state index in [0.717, 1.165) is 35.5 Å². The van der Waals surface area contributed by atoms with E-state index < -0.39 is 23.5 Å². The molecule has 0 saturated carbocycles. The fourth-order valence-corrected chi connectivity index (χ4v) is 5.09. The van der Waals surface area contributed by atoms with Crippen molar-refractivity contribution in [1.29, 1.82) is 0 Å². The molecule has 1 aromatic heterocycles. The molecular formula is C27H42N2O4S. The van der Waals surface area contributed by atoms with Crippen LogP contribution in [0.5, 0.6) is 0 Å². The predicted molar refractivity (Wildman–Crippen MR) is 138 cm³/mol. The second kappa shape index (κ2) is 12.2. The Labute approximate surface area is 208 Å². The number of allylic oxidation sites excluding steroid dienone is 1. The summed E-state index contributed by atoms with van der Waals surface area (Å²) in [7, 11) is 0. The molecule has 0 unspecified atom stereocenters. The third-order valence-corrected chi connectivity index (χ3v) is 7.98. The molecular weight excluding hydrogens is 448 g/mol. The molecule has 1 amide bonds. The number of nitrogens with one attached hydrogen (secondary N) is 1. The molecule has 1 aliphatic rings. The summed E-state index contributed by atoms with van der Waals surface area (Å²) in [6.45, 7) is 13.0. The number of Topliss-reactive ketones (excluding diaryl/α,β-unsaturated/α-hetero) is 1. The average Bonchev–Trinajstić information content (AvgIpc) is 3.18. The molecule has 34 heavy (non-hydrogen) atoms. The third-order valence-electron chi connectivity index (χ3n) is 7.19. The van der Waals surface area contributed by atoms with Gasteiger partial charge in [0.15, 0.2) is 0 Å². The minimum atomic E-state index is -1.15. The van der Waals surface area contributed by atoms with Gasteiger partial charge in [0, 0.05) is 11.3 Å². The molecule has 1 aromatic rings. The van der Waals surface area contributed by atoms with Crippen LogP contribution in [0.2, 0.25) is 0 Å². The van der Waals surface area contributed by atoms with Gasteiger partial charge >= 0.3 is 0 Å². The van der Waals surface area contributed by atoms with E-state index in [4.69, 9.17) is 0 Å². The molecule has 190 valence electrons.